The fourth-order valence-electron chi connectivity index (χ4n) is 9.89. The zero-order chi connectivity index (χ0) is 73.2. The van der Waals surface area contributed by atoms with Crippen LogP contribution in [0.4, 0.5) is 57.9 Å². The summed E-state index contributed by atoms with van der Waals surface area (Å²) in [4.78, 5) is 90.6. The first kappa shape index (κ1) is 72.9. The Labute approximate surface area is 577 Å². The zero-order valence-electron chi connectivity index (χ0n) is 52.0. The van der Waals surface area contributed by atoms with Crippen molar-refractivity contribution in [1.29, 1.82) is 0 Å². The van der Waals surface area contributed by atoms with Crippen LogP contribution in [0.5, 0.6) is 0 Å². The summed E-state index contributed by atoms with van der Waals surface area (Å²) in [6.07, 6.45) is 7.37. The van der Waals surface area contributed by atoms with Crippen LogP contribution in [0.3, 0.4) is 0 Å². The molecule has 12 rings (SSSR count). The smallest absolute Gasteiger partial charge is 0.358 e. The fraction of sp³-hybridized carbons (Fsp3) is 0.121. The number of pyridine rings is 4. The number of aromatic amines is 2. The van der Waals surface area contributed by atoms with Crippen molar-refractivity contribution in [3.8, 4) is 45.0 Å². The number of aromatic nitrogens is 8. The molecule has 516 valence electrons. The van der Waals surface area contributed by atoms with E-state index in [1.807, 2.05) is 6.92 Å². The molecule has 0 radical (unpaired) electrons. The Bertz CT molecular complexity index is 5380. The molecule has 22 nitrogen and oxygen atoms in total. The Hall–Kier alpha value is -11.3. The highest BCUT2D eigenvalue weighted by atomic mass is 35.5. The number of hydrogen-bond donors (Lipinski definition) is 6. The van der Waals surface area contributed by atoms with E-state index >= 15 is 4.39 Å². The van der Waals surface area contributed by atoms with Crippen LogP contribution >= 0.6 is 46.4 Å². The van der Waals surface area contributed by atoms with E-state index in [9.17, 15) is 64.6 Å². The van der Waals surface area contributed by atoms with Crippen molar-refractivity contribution >= 4 is 148 Å². The number of carbonyl (C=O) groups excluding carboxylic acids is 6. The summed E-state index contributed by atoms with van der Waals surface area (Å²) in [5, 5.41) is 11.4. The van der Waals surface area contributed by atoms with Gasteiger partial charge in [-0.05, 0) is 55.0 Å². The number of rotatable bonds is 11. The van der Waals surface area contributed by atoms with E-state index in [0.717, 1.165) is 29.8 Å². The van der Waals surface area contributed by atoms with E-state index in [4.69, 9.17) is 74.1 Å². The van der Waals surface area contributed by atoms with Gasteiger partial charge in [0.15, 0.2) is 63.6 Å². The van der Waals surface area contributed by atoms with Gasteiger partial charge in [0.05, 0.1) is 91.7 Å². The average molecular weight is 1460 g/mol. The maximum absolute atomic E-state index is 15.1. The van der Waals surface area contributed by atoms with Gasteiger partial charge in [0.2, 0.25) is 11.8 Å². The number of carbonyl (C=O) groups is 6. The lowest BCUT2D eigenvalue weighted by molar-refractivity contribution is -0.255. The Balaban J connectivity index is 0.000000156. The van der Waals surface area contributed by atoms with E-state index in [1.165, 1.54) is 68.7 Å². The van der Waals surface area contributed by atoms with Crippen LogP contribution in [0.25, 0.3) is 88.6 Å². The molecule has 12 aromatic rings. The minimum absolute atomic E-state index is 0.0376. The van der Waals surface area contributed by atoms with Crippen LogP contribution in [0, 0.1) is 46.5 Å². The summed E-state index contributed by atoms with van der Waals surface area (Å²) in [6.45, 7) is 4.61. The molecule has 0 fully saturated rings. The number of benzene rings is 4. The van der Waals surface area contributed by atoms with Crippen molar-refractivity contribution in [2.75, 3.05) is 43.8 Å². The van der Waals surface area contributed by atoms with Crippen LogP contribution < -0.4 is 28.0 Å². The van der Waals surface area contributed by atoms with Crippen molar-refractivity contribution in [1.82, 2.24) is 39.0 Å². The van der Waals surface area contributed by atoms with E-state index in [1.54, 1.807) is 42.7 Å². The van der Waals surface area contributed by atoms with Crippen LogP contribution in [0.2, 0.25) is 20.1 Å². The molecule has 8 heterocycles. The topological polar surface area (TPSA) is 350 Å². The number of unbranched alkanes of at least 4 members (excludes halogenated alkanes) is 1. The Morgan fingerprint density at radius 3 is 1.08 bits per heavy atom. The van der Waals surface area contributed by atoms with Crippen molar-refractivity contribution in [2.45, 2.75) is 33.6 Å². The average Bonchev–Trinajstić information content (AvgIpc) is 1.35. The predicted molar refractivity (Wildman–Crippen MR) is 356 cm³/mol. The summed E-state index contributed by atoms with van der Waals surface area (Å²) >= 11 is 23.3. The Kier molecular flexibility index (Phi) is 21.7. The van der Waals surface area contributed by atoms with Gasteiger partial charge >= 0.3 is 17.9 Å². The highest BCUT2D eigenvalue weighted by Gasteiger charge is 2.30. The van der Waals surface area contributed by atoms with Crippen LogP contribution in [-0.2, 0) is 14.2 Å². The number of H-pyrrole nitrogens is 2. The number of anilines is 4. The van der Waals surface area contributed by atoms with Gasteiger partial charge in [-0.3, -0.25) is 18.7 Å². The molecule has 0 amide bonds. The van der Waals surface area contributed by atoms with E-state index in [2.05, 4.69) is 39.4 Å². The molecule has 0 spiro atoms. The third-order valence-corrected chi connectivity index (χ3v) is 16.5. The number of esters is 3. The molecule has 0 aliphatic heterocycles. The van der Waals surface area contributed by atoms with Gasteiger partial charge < -0.3 is 57.0 Å². The molecule has 34 heteroatoms. The highest BCUT2D eigenvalue weighted by Crippen LogP contribution is 2.41. The Morgan fingerprint density at radius 2 is 0.760 bits per heavy atom. The Morgan fingerprint density at radius 1 is 0.450 bits per heavy atom. The molecule has 0 saturated heterocycles. The molecule has 4 aromatic carbocycles. The first-order chi connectivity index (χ1) is 47.4. The van der Waals surface area contributed by atoms with E-state index in [0.29, 0.717) is 28.0 Å². The number of nitrogens with one attached hydrogen (secondary N) is 2. The number of nitrogen functional groups attached to an aromatic ring is 4. The maximum Gasteiger partial charge on any atom is 0.358 e. The third-order valence-electron chi connectivity index (χ3n) is 14.9. The first-order valence-electron chi connectivity index (χ1n) is 28.7. The molecule has 0 atom stereocenters. The molecule has 0 unspecified atom stereocenters. The van der Waals surface area contributed by atoms with Crippen molar-refractivity contribution in [2.24, 2.45) is 0 Å². The lowest BCUT2D eigenvalue weighted by Crippen LogP contribution is -2.25. The minimum Gasteiger partial charge on any atom is -0.543 e. The molecular formula is C66H47Cl4F8N12O10-. The van der Waals surface area contributed by atoms with Gasteiger partial charge in [0.25, 0.3) is 0 Å². The van der Waals surface area contributed by atoms with Gasteiger partial charge in [-0.15, -0.1) is 0 Å². The number of carboxylic acid groups (broad SMARTS) is 1. The lowest BCUT2D eigenvalue weighted by atomic mass is 10.1. The minimum atomic E-state index is -1.79. The highest BCUT2D eigenvalue weighted by molar-refractivity contribution is 6.37. The molecule has 100 heavy (non-hydrogen) atoms. The number of ether oxygens (including phenoxy) is 3. The fourth-order valence-corrected chi connectivity index (χ4v) is 10.7. The maximum atomic E-state index is 15.1. The number of nitrogens with two attached hydrogens (primary N) is 4. The van der Waals surface area contributed by atoms with Crippen LogP contribution in [0.1, 0.15) is 85.2 Å². The molecule has 8 aromatic heterocycles. The SMILES string of the molecule is CC(=O)n1ccc2ccc(-c3nc(C(=O)[O-])c(Cl)c(N)c3F)c(F)c21.CCCCOC(=O)c1nc(-c2ccc3cc[nH]c3c2F)c(F)c(N)c1Cl.COC(=O)c1nc(-c2ccc3cc[nH]c3c2F)c(F)c(N)c1Cl.COC(=O)c1nc(-c2ccc3ccn(C(C)=O)c3c2F)c(F)c(N)c1Cl. The quantitative estimate of drug-likeness (QED) is 0.0303. The third kappa shape index (κ3) is 13.7. The second-order valence-corrected chi connectivity index (χ2v) is 22.6. The van der Waals surface area contributed by atoms with Crippen molar-refractivity contribution in [3.63, 3.8) is 0 Å². The number of halogens is 12. The van der Waals surface area contributed by atoms with Gasteiger partial charge in [-0.2, -0.15) is 0 Å². The molecule has 0 saturated carbocycles. The lowest BCUT2D eigenvalue weighted by Gasteiger charge is -2.13. The monoisotopic (exact) mass is 1460 g/mol. The summed E-state index contributed by atoms with van der Waals surface area (Å²) in [7, 11) is 2.21. The molecule has 0 aliphatic carbocycles. The number of nitrogens with zero attached hydrogens (tertiary/aromatic N) is 6. The summed E-state index contributed by atoms with van der Waals surface area (Å²) in [5.41, 5.74) is 15.5. The second kappa shape index (κ2) is 29.8. The predicted octanol–water partition coefficient (Wildman–Crippen LogP) is 14.1. The second-order valence-electron chi connectivity index (χ2n) is 21.0. The van der Waals surface area contributed by atoms with Gasteiger partial charge in [-0.25, -0.2) is 69.4 Å². The number of fused-ring (bicyclic) bond motifs is 4. The van der Waals surface area contributed by atoms with Crippen LogP contribution in [-0.4, -0.2) is 95.6 Å². The molecular weight excluding hydrogens is 1410 g/mol. The summed E-state index contributed by atoms with van der Waals surface area (Å²) in [5.74, 6) is -12.8. The van der Waals surface area contributed by atoms with E-state index in [-0.39, 0.29) is 72.4 Å². The van der Waals surface area contributed by atoms with Crippen molar-refractivity contribution in [3.05, 3.63) is 187 Å². The summed E-state index contributed by atoms with van der Waals surface area (Å²) in [6, 6.07) is 17.8. The number of carboxylic acids is 1. The number of aromatic carboxylic acids is 1. The zero-order valence-corrected chi connectivity index (χ0v) is 55.0. The largest absolute Gasteiger partial charge is 0.543 e. The van der Waals surface area contributed by atoms with E-state index < -0.39 is 149 Å². The van der Waals surface area contributed by atoms with Crippen LogP contribution in [0.15, 0.2) is 97.6 Å². The van der Waals surface area contributed by atoms with Crippen molar-refractivity contribution < 1.29 is 83.2 Å². The van der Waals surface area contributed by atoms with Gasteiger partial charge in [-0.1, -0.05) is 84.0 Å². The first-order valence-corrected chi connectivity index (χ1v) is 30.2. The standard InChI is InChI=1S/C18H16ClF2N3O2.C17H12ClF2N3O3.C16H10ClF2N3O3.C15H10ClF2N3O2/c1-2-3-8-26-18(25)17-11(19)14(22)13(21)16(24-17)10-5-4-9-6-7-23-15(9)12(10)20;1-7(24)23-6-5-8-3-4-9(11(19)16(8)23)14-12(20)13(21)10(18)15(22-14)17(25)26-2;1-6(23)22-5-4-7-2-3-8(10(18)15(7)22)13-11(19)12(20)9(17)14(21-13)16(24)25;1-23-15(22)14-8(16)11(19)10(18)13(21-14)7-3-2-6-4-5-20-12(6)9(7)17/h4-7,23H,2-3,8H2,1H3,(H2,22,24);3-6H,1-2H3,(H2,21,22);2-5H,1H3,(H2,20,21)(H,24,25);2-5,20H,1H3,(H2,19,21)/p-1. The molecule has 0 bridgehead atoms. The number of hydrogen-bond acceptors (Lipinski definition) is 18. The summed E-state index contributed by atoms with van der Waals surface area (Å²) < 4.78 is 134. The van der Waals surface area contributed by atoms with Gasteiger partial charge in [0, 0.05) is 82.4 Å². The van der Waals surface area contributed by atoms with Gasteiger partial charge in [0.1, 0.15) is 28.5 Å². The molecule has 10 N–H and O–H groups in total. The molecule has 0 aliphatic rings. The number of methoxy groups -OCH3 is 2. The normalized spacial score (nSPS) is 11.0.